The van der Waals surface area contributed by atoms with Crippen LogP contribution in [0.15, 0.2) is 0 Å². The number of likely N-dealkylation sites (N-methyl/N-ethyl adjacent to an activating group) is 2. The average Bonchev–Trinajstić information content (AvgIpc) is 2.70. The van der Waals surface area contributed by atoms with E-state index in [4.69, 9.17) is 0 Å². The molecule has 1 N–H and O–H groups in total. The largest absolute Gasteiger partial charge is 0.312 e. The van der Waals surface area contributed by atoms with Crippen LogP contribution in [0.4, 0.5) is 0 Å². The van der Waals surface area contributed by atoms with Crippen LogP contribution in [0.1, 0.15) is 25.7 Å². The molecule has 2 fully saturated rings. The average molecular weight is 211 g/mol. The molecular weight excluding hydrogens is 186 g/mol. The lowest BCUT2D eigenvalue weighted by atomic mass is 9.89. The zero-order chi connectivity index (χ0) is 10.7. The van der Waals surface area contributed by atoms with Gasteiger partial charge in [-0.1, -0.05) is 0 Å². The fraction of sp³-hybridized carbons (Fsp3) is 1.00. The quantitative estimate of drug-likeness (QED) is 0.744. The number of likely N-dealkylation sites (tertiary alicyclic amines) is 2. The normalized spacial score (nSPS) is 34.8. The Kier molecular flexibility index (Phi) is 3.65. The summed E-state index contributed by atoms with van der Waals surface area (Å²) in [6, 6.07) is 0. The first-order chi connectivity index (χ1) is 7.24. The predicted molar refractivity (Wildman–Crippen MR) is 64.2 cm³/mol. The molecule has 0 aliphatic carbocycles. The van der Waals surface area contributed by atoms with Crippen LogP contribution in [0.2, 0.25) is 0 Å². The second-order valence-corrected chi connectivity index (χ2v) is 5.35. The van der Waals surface area contributed by atoms with Crippen molar-refractivity contribution in [2.24, 2.45) is 0 Å². The highest BCUT2D eigenvalue weighted by Gasteiger charge is 2.34. The highest BCUT2D eigenvalue weighted by Crippen LogP contribution is 2.23. The van der Waals surface area contributed by atoms with Gasteiger partial charge >= 0.3 is 0 Å². The molecule has 0 radical (unpaired) electrons. The predicted octanol–water partition coefficient (Wildman–Crippen LogP) is 0.766. The van der Waals surface area contributed by atoms with Gasteiger partial charge in [-0.05, 0) is 59.4 Å². The summed E-state index contributed by atoms with van der Waals surface area (Å²) in [5, 5.41) is 3.59. The topological polar surface area (TPSA) is 18.5 Å². The third kappa shape index (κ3) is 2.71. The molecule has 0 unspecified atom stereocenters. The van der Waals surface area contributed by atoms with Gasteiger partial charge in [-0.15, -0.1) is 0 Å². The molecule has 0 spiro atoms. The Morgan fingerprint density at radius 3 is 2.47 bits per heavy atom. The van der Waals surface area contributed by atoms with Gasteiger partial charge in [0.25, 0.3) is 0 Å². The summed E-state index contributed by atoms with van der Waals surface area (Å²) in [7, 11) is 4.38. The highest BCUT2D eigenvalue weighted by molar-refractivity contribution is 4.96. The summed E-state index contributed by atoms with van der Waals surface area (Å²) in [6.45, 7) is 6.34. The van der Waals surface area contributed by atoms with Crippen LogP contribution in [0, 0.1) is 0 Å². The number of hydrogen-bond acceptors (Lipinski definition) is 3. The van der Waals surface area contributed by atoms with Crippen molar-refractivity contribution in [1.29, 1.82) is 0 Å². The van der Waals surface area contributed by atoms with E-state index in [0.717, 1.165) is 0 Å². The van der Waals surface area contributed by atoms with Gasteiger partial charge in [-0.3, -0.25) is 0 Å². The molecule has 2 aliphatic heterocycles. The summed E-state index contributed by atoms with van der Waals surface area (Å²) in [5.74, 6) is 0. The van der Waals surface area contributed by atoms with Crippen LogP contribution in [0.3, 0.4) is 0 Å². The van der Waals surface area contributed by atoms with E-state index in [1.165, 1.54) is 58.4 Å². The second kappa shape index (κ2) is 4.81. The van der Waals surface area contributed by atoms with E-state index in [2.05, 4.69) is 29.2 Å². The first-order valence-electron chi connectivity index (χ1n) is 6.34. The summed E-state index contributed by atoms with van der Waals surface area (Å²) in [6.07, 6.45) is 5.47. The molecule has 0 bridgehead atoms. The van der Waals surface area contributed by atoms with E-state index < -0.39 is 0 Å². The van der Waals surface area contributed by atoms with Gasteiger partial charge in [0.05, 0.1) is 0 Å². The smallest absolute Gasteiger partial charge is 0.0435 e. The molecule has 3 nitrogen and oxygen atoms in total. The van der Waals surface area contributed by atoms with Crippen molar-refractivity contribution >= 4 is 0 Å². The van der Waals surface area contributed by atoms with Crippen LogP contribution in [-0.2, 0) is 0 Å². The minimum absolute atomic E-state index is 0.358. The molecular formula is C12H25N3. The number of piperidine rings is 1. The number of rotatable bonds is 3. The molecule has 2 saturated heterocycles. The first-order valence-corrected chi connectivity index (χ1v) is 6.34. The molecule has 0 aromatic rings. The fourth-order valence-electron chi connectivity index (χ4n) is 3.14. The van der Waals surface area contributed by atoms with Gasteiger partial charge in [-0.25, -0.2) is 0 Å². The Hall–Kier alpha value is -0.120. The van der Waals surface area contributed by atoms with E-state index in [1.807, 2.05) is 0 Å². The molecule has 3 heteroatoms. The summed E-state index contributed by atoms with van der Waals surface area (Å²) >= 11 is 0. The molecule has 0 amide bonds. The van der Waals surface area contributed by atoms with Gasteiger partial charge < -0.3 is 15.1 Å². The molecule has 0 aromatic carbocycles. The minimum Gasteiger partial charge on any atom is -0.312 e. The summed E-state index contributed by atoms with van der Waals surface area (Å²) in [5.41, 5.74) is 0.358. The van der Waals surface area contributed by atoms with E-state index in [-0.39, 0.29) is 0 Å². The molecule has 88 valence electrons. The van der Waals surface area contributed by atoms with E-state index >= 15 is 0 Å². The van der Waals surface area contributed by atoms with Crippen molar-refractivity contribution in [2.75, 3.05) is 46.8 Å². The van der Waals surface area contributed by atoms with Crippen LogP contribution in [-0.4, -0.2) is 62.2 Å². The van der Waals surface area contributed by atoms with Gasteiger partial charge in [-0.2, -0.15) is 0 Å². The molecule has 15 heavy (non-hydrogen) atoms. The van der Waals surface area contributed by atoms with Gasteiger partial charge in [0.1, 0.15) is 0 Å². The number of nitrogens with zero attached hydrogens (tertiary/aromatic N) is 2. The van der Waals surface area contributed by atoms with Crippen LogP contribution >= 0.6 is 0 Å². The molecule has 2 rings (SSSR count). The monoisotopic (exact) mass is 211 g/mol. The lowest BCUT2D eigenvalue weighted by Gasteiger charge is -2.43. The Morgan fingerprint density at radius 2 is 1.87 bits per heavy atom. The van der Waals surface area contributed by atoms with Crippen molar-refractivity contribution in [2.45, 2.75) is 31.2 Å². The Morgan fingerprint density at radius 1 is 1.13 bits per heavy atom. The molecule has 2 heterocycles. The van der Waals surface area contributed by atoms with Crippen molar-refractivity contribution in [3.63, 3.8) is 0 Å². The van der Waals surface area contributed by atoms with Crippen molar-refractivity contribution < 1.29 is 0 Å². The maximum Gasteiger partial charge on any atom is 0.0435 e. The van der Waals surface area contributed by atoms with Crippen molar-refractivity contribution in [1.82, 2.24) is 15.1 Å². The Balaban J connectivity index is 1.93. The standard InChI is InChI=1S/C12H25N3/c1-13-12(6-5-7-14(2)10-12)11-15-8-3-4-9-15/h13H,3-11H2,1-2H3/t12-/m0/s1. The minimum atomic E-state index is 0.358. The number of hydrogen-bond donors (Lipinski definition) is 1. The van der Waals surface area contributed by atoms with Gasteiger partial charge in [0.15, 0.2) is 0 Å². The van der Waals surface area contributed by atoms with Gasteiger partial charge in [0, 0.05) is 18.6 Å². The van der Waals surface area contributed by atoms with Crippen molar-refractivity contribution in [3.8, 4) is 0 Å². The molecule has 0 aromatic heterocycles. The van der Waals surface area contributed by atoms with E-state index in [0.29, 0.717) is 5.54 Å². The fourth-order valence-corrected chi connectivity index (χ4v) is 3.14. The Labute approximate surface area is 93.8 Å². The number of nitrogens with one attached hydrogen (secondary N) is 1. The molecule has 1 atom stereocenters. The van der Waals surface area contributed by atoms with Crippen LogP contribution in [0.25, 0.3) is 0 Å². The zero-order valence-corrected chi connectivity index (χ0v) is 10.3. The third-order valence-electron chi connectivity index (χ3n) is 4.02. The Bertz CT molecular complexity index is 201. The van der Waals surface area contributed by atoms with Crippen LogP contribution < -0.4 is 5.32 Å². The maximum atomic E-state index is 3.59. The summed E-state index contributed by atoms with van der Waals surface area (Å²) < 4.78 is 0. The molecule has 2 aliphatic rings. The lowest BCUT2D eigenvalue weighted by Crippen LogP contribution is -2.60. The van der Waals surface area contributed by atoms with E-state index in [9.17, 15) is 0 Å². The zero-order valence-electron chi connectivity index (χ0n) is 10.3. The van der Waals surface area contributed by atoms with Gasteiger partial charge in [0.2, 0.25) is 0 Å². The second-order valence-electron chi connectivity index (χ2n) is 5.35. The highest BCUT2D eigenvalue weighted by atomic mass is 15.2. The maximum absolute atomic E-state index is 3.59. The SMILES string of the molecule is CN[C@@]1(CN2CCCC2)CCCN(C)C1. The van der Waals surface area contributed by atoms with Crippen LogP contribution in [0.5, 0.6) is 0 Å². The molecule has 0 saturated carbocycles. The third-order valence-corrected chi connectivity index (χ3v) is 4.02. The van der Waals surface area contributed by atoms with E-state index in [1.54, 1.807) is 0 Å². The first kappa shape index (κ1) is 11.4. The van der Waals surface area contributed by atoms with Crippen molar-refractivity contribution in [3.05, 3.63) is 0 Å². The summed E-state index contributed by atoms with van der Waals surface area (Å²) in [4.78, 5) is 5.10. The lowest BCUT2D eigenvalue weighted by molar-refractivity contribution is 0.112.